The highest BCUT2D eigenvalue weighted by molar-refractivity contribution is 5.80. The Kier molecular flexibility index (Phi) is 6.73. The predicted molar refractivity (Wildman–Crippen MR) is 71.1 cm³/mol. The topological polar surface area (TPSA) is 87.1 Å². The minimum atomic E-state index is -0.729. The van der Waals surface area contributed by atoms with E-state index in [9.17, 15) is 4.79 Å². The van der Waals surface area contributed by atoms with E-state index in [-0.39, 0.29) is 11.4 Å². The van der Waals surface area contributed by atoms with Crippen LogP contribution in [0.25, 0.3) is 10.4 Å². The number of carbonyl (C=O) groups is 1. The Morgan fingerprint density at radius 3 is 2.39 bits per heavy atom. The summed E-state index contributed by atoms with van der Waals surface area (Å²) in [6, 6.07) is 0. The SMILES string of the molecule is COC(=O)C(C)(CCC(C)(C)C)NCCN=[N+]=[N-]. The molecule has 0 aliphatic rings. The van der Waals surface area contributed by atoms with Crippen molar-refractivity contribution in [3.8, 4) is 0 Å². The standard InChI is InChI=1S/C12H24N4O2/c1-11(2,3)6-7-12(4,10(17)18-5)14-8-9-15-16-13/h14H,6-9H2,1-5H3. The number of azide groups is 1. The maximum absolute atomic E-state index is 11.8. The van der Waals surface area contributed by atoms with Gasteiger partial charge < -0.3 is 10.1 Å². The van der Waals surface area contributed by atoms with E-state index in [2.05, 4.69) is 36.1 Å². The number of rotatable bonds is 7. The van der Waals surface area contributed by atoms with Crippen LogP contribution < -0.4 is 5.32 Å². The molecule has 0 bridgehead atoms. The molecular weight excluding hydrogens is 232 g/mol. The number of methoxy groups -OCH3 is 1. The first-order valence-corrected chi connectivity index (χ1v) is 6.09. The van der Waals surface area contributed by atoms with Crippen LogP contribution in [0.5, 0.6) is 0 Å². The molecule has 1 atom stereocenters. The monoisotopic (exact) mass is 256 g/mol. The fraction of sp³-hybridized carbons (Fsp3) is 0.917. The molecule has 1 unspecified atom stereocenters. The normalized spacial score (nSPS) is 14.5. The molecule has 0 saturated carbocycles. The third-order valence-electron chi connectivity index (χ3n) is 2.80. The van der Waals surface area contributed by atoms with Crippen molar-refractivity contribution in [1.82, 2.24) is 5.32 Å². The first-order chi connectivity index (χ1) is 8.25. The minimum absolute atomic E-state index is 0.155. The van der Waals surface area contributed by atoms with Crippen molar-refractivity contribution in [1.29, 1.82) is 0 Å². The van der Waals surface area contributed by atoms with E-state index in [0.29, 0.717) is 19.5 Å². The molecule has 0 rings (SSSR count). The van der Waals surface area contributed by atoms with Gasteiger partial charge in [-0.1, -0.05) is 25.9 Å². The van der Waals surface area contributed by atoms with Gasteiger partial charge in [0, 0.05) is 18.0 Å². The summed E-state index contributed by atoms with van der Waals surface area (Å²) >= 11 is 0. The summed E-state index contributed by atoms with van der Waals surface area (Å²) in [5.41, 5.74) is 7.63. The second kappa shape index (κ2) is 7.24. The lowest BCUT2D eigenvalue weighted by Crippen LogP contribution is -2.51. The zero-order chi connectivity index (χ0) is 14.2. The average Bonchev–Trinajstić information content (AvgIpc) is 2.30. The number of carbonyl (C=O) groups excluding carboxylic acids is 1. The van der Waals surface area contributed by atoms with Crippen LogP contribution in [-0.4, -0.2) is 31.7 Å². The number of nitrogens with one attached hydrogen (secondary N) is 1. The van der Waals surface area contributed by atoms with E-state index in [1.807, 2.05) is 6.92 Å². The average molecular weight is 256 g/mol. The van der Waals surface area contributed by atoms with Gasteiger partial charge in [0.15, 0.2) is 0 Å². The molecule has 104 valence electrons. The Morgan fingerprint density at radius 2 is 1.94 bits per heavy atom. The number of ether oxygens (including phenoxy) is 1. The maximum atomic E-state index is 11.8. The molecule has 1 N–H and O–H groups in total. The molecule has 0 aromatic heterocycles. The zero-order valence-corrected chi connectivity index (χ0v) is 12.0. The van der Waals surface area contributed by atoms with E-state index < -0.39 is 5.54 Å². The molecule has 0 fully saturated rings. The fourth-order valence-electron chi connectivity index (χ4n) is 1.54. The summed E-state index contributed by atoms with van der Waals surface area (Å²) in [4.78, 5) is 14.5. The van der Waals surface area contributed by atoms with Crippen molar-refractivity contribution < 1.29 is 9.53 Å². The lowest BCUT2D eigenvalue weighted by molar-refractivity contribution is -0.148. The number of nitrogens with zero attached hydrogens (tertiary/aromatic N) is 3. The highest BCUT2D eigenvalue weighted by Crippen LogP contribution is 2.26. The fourth-order valence-corrected chi connectivity index (χ4v) is 1.54. The summed E-state index contributed by atoms with van der Waals surface area (Å²) < 4.78 is 4.83. The van der Waals surface area contributed by atoms with Crippen molar-refractivity contribution in [2.75, 3.05) is 20.2 Å². The second-order valence-electron chi connectivity index (χ2n) is 5.77. The van der Waals surface area contributed by atoms with Crippen LogP contribution in [-0.2, 0) is 9.53 Å². The van der Waals surface area contributed by atoms with E-state index >= 15 is 0 Å². The maximum Gasteiger partial charge on any atom is 0.325 e. The van der Waals surface area contributed by atoms with E-state index in [1.165, 1.54) is 7.11 Å². The van der Waals surface area contributed by atoms with Gasteiger partial charge >= 0.3 is 5.97 Å². The smallest absolute Gasteiger partial charge is 0.325 e. The lowest BCUT2D eigenvalue weighted by atomic mass is 9.84. The number of esters is 1. The zero-order valence-electron chi connectivity index (χ0n) is 12.0. The molecule has 18 heavy (non-hydrogen) atoms. The Labute approximate surface area is 109 Å². The summed E-state index contributed by atoms with van der Waals surface area (Å²) in [6.45, 7) is 8.99. The molecule has 0 spiro atoms. The molecular formula is C12H24N4O2. The van der Waals surface area contributed by atoms with Crippen LogP contribution in [0, 0.1) is 5.41 Å². The summed E-state index contributed by atoms with van der Waals surface area (Å²) in [6.07, 6.45) is 1.58. The van der Waals surface area contributed by atoms with Crippen molar-refractivity contribution in [3.63, 3.8) is 0 Å². The quantitative estimate of drug-likeness (QED) is 0.250. The Hall–Kier alpha value is -1.26. The molecule has 0 aromatic carbocycles. The molecule has 0 saturated heterocycles. The molecule has 0 aromatic rings. The predicted octanol–water partition coefficient (Wildman–Crippen LogP) is 2.64. The molecule has 0 heterocycles. The van der Waals surface area contributed by atoms with Gasteiger partial charge in [-0.25, -0.2) is 0 Å². The van der Waals surface area contributed by atoms with Gasteiger partial charge in [-0.15, -0.1) is 0 Å². The van der Waals surface area contributed by atoms with Gasteiger partial charge in [-0.3, -0.25) is 4.79 Å². The van der Waals surface area contributed by atoms with E-state index in [0.717, 1.165) is 6.42 Å². The molecule has 0 amide bonds. The van der Waals surface area contributed by atoms with Gasteiger partial charge in [0.2, 0.25) is 0 Å². The first kappa shape index (κ1) is 16.7. The van der Waals surface area contributed by atoms with Gasteiger partial charge in [0.25, 0.3) is 0 Å². The van der Waals surface area contributed by atoms with Gasteiger partial charge in [0.1, 0.15) is 5.54 Å². The van der Waals surface area contributed by atoms with Crippen LogP contribution in [0.2, 0.25) is 0 Å². The van der Waals surface area contributed by atoms with Crippen molar-refractivity contribution in [2.24, 2.45) is 10.5 Å². The molecule has 0 aliphatic carbocycles. The summed E-state index contributed by atoms with van der Waals surface area (Å²) in [5, 5.41) is 6.55. The van der Waals surface area contributed by atoms with Gasteiger partial charge in [-0.2, -0.15) is 0 Å². The van der Waals surface area contributed by atoms with Crippen molar-refractivity contribution in [2.45, 2.75) is 46.1 Å². The Morgan fingerprint density at radius 1 is 1.33 bits per heavy atom. The minimum Gasteiger partial charge on any atom is -0.468 e. The lowest BCUT2D eigenvalue weighted by Gasteiger charge is -2.31. The summed E-state index contributed by atoms with van der Waals surface area (Å²) in [5.74, 6) is -0.285. The number of hydrogen-bond donors (Lipinski definition) is 1. The third kappa shape index (κ3) is 6.47. The van der Waals surface area contributed by atoms with Crippen molar-refractivity contribution >= 4 is 5.97 Å². The van der Waals surface area contributed by atoms with Crippen molar-refractivity contribution in [3.05, 3.63) is 10.4 Å². The second-order valence-corrected chi connectivity index (χ2v) is 5.77. The molecule has 6 heteroatoms. The van der Waals surface area contributed by atoms with Crippen LogP contribution in [0.4, 0.5) is 0 Å². The van der Waals surface area contributed by atoms with Crippen LogP contribution in [0.1, 0.15) is 40.5 Å². The van der Waals surface area contributed by atoms with E-state index in [1.54, 1.807) is 0 Å². The largest absolute Gasteiger partial charge is 0.468 e. The molecule has 0 radical (unpaired) electrons. The van der Waals surface area contributed by atoms with Crippen LogP contribution >= 0.6 is 0 Å². The number of hydrogen-bond acceptors (Lipinski definition) is 4. The Bertz CT molecular complexity index is 319. The van der Waals surface area contributed by atoms with Crippen LogP contribution in [0.15, 0.2) is 5.11 Å². The summed E-state index contributed by atoms with van der Waals surface area (Å²) in [7, 11) is 1.38. The third-order valence-corrected chi connectivity index (χ3v) is 2.80. The van der Waals surface area contributed by atoms with Gasteiger partial charge in [-0.05, 0) is 30.7 Å². The molecule has 0 aliphatic heterocycles. The first-order valence-electron chi connectivity index (χ1n) is 6.09. The highest BCUT2D eigenvalue weighted by atomic mass is 16.5. The molecule has 6 nitrogen and oxygen atoms in total. The van der Waals surface area contributed by atoms with E-state index in [4.69, 9.17) is 10.3 Å². The highest BCUT2D eigenvalue weighted by Gasteiger charge is 2.34. The van der Waals surface area contributed by atoms with Crippen LogP contribution in [0.3, 0.4) is 0 Å². The van der Waals surface area contributed by atoms with Gasteiger partial charge in [0.05, 0.1) is 7.11 Å². The Balaban J connectivity index is 4.52.